The quantitative estimate of drug-likeness (QED) is 0.700. The predicted octanol–water partition coefficient (Wildman–Crippen LogP) is 4.23. The van der Waals surface area contributed by atoms with Gasteiger partial charge in [-0.25, -0.2) is 4.39 Å². The van der Waals surface area contributed by atoms with Crippen LogP contribution in [0.3, 0.4) is 0 Å². The van der Waals surface area contributed by atoms with Crippen LogP contribution in [-0.2, 0) is 9.53 Å². The van der Waals surface area contributed by atoms with Gasteiger partial charge in [0.05, 0.1) is 18.1 Å². The van der Waals surface area contributed by atoms with Crippen molar-refractivity contribution in [2.45, 2.75) is 25.8 Å². The van der Waals surface area contributed by atoms with Crippen LogP contribution in [0, 0.1) is 11.2 Å². The minimum Gasteiger partial charge on any atom is -0.454 e. The second-order valence-corrected chi connectivity index (χ2v) is 7.26. The monoisotopic (exact) mass is 422 g/mol. The molecule has 158 valence electrons. The highest BCUT2D eigenvalue weighted by Gasteiger charge is 2.40. The Balaban J connectivity index is 0.00000300. The maximum absolute atomic E-state index is 14.5. The van der Waals surface area contributed by atoms with Crippen molar-refractivity contribution < 1.29 is 18.7 Å². The molecule has 2 N–H and O–H groups in total. The topological polar surface area (TPSA) is 59.6 Å². The summed E-state index contributed by atoms with van der Waals surface area (Å²) in [5, 5.41) is 6.31. The van der Waals surface area contributed by atoms with Gasteiger partial charge in [0.15, 0.2) is 11.6 Å². The Morgan fingerprint density at radius 3 is 2.52 bits per heavy atom. The van der Waals surface area contributed by atoms with E-state index in [1.165, 1.54) is 6.07 Å². The number of hydrogen-bond acceptors (Lipinski definition) is 4. The lowest BCUT2D eigenvalue weighted by molar-refractivity contribution is -0.136. The van der Waals surface area contributed by atoms with Crippen LogP contribution in [0.25, 0.3) is 0 Å². The molecule has 0 radical (unpaired) electrons. The van der Waals surface area contributed by atoms with Crippen molar-refractivity contribution >= 4 is 18.3 Å². The minimum atomic E-state index is -0.539. The van der Waals surface area contributed by atoms with E-state index in [-0.39, 0.29) is 30.1 Å². The fraction of sp³-hybridized carbons (Fsp3) is 0.409. The summed E-state index contributed by atoms with van der Waals surface area (Å²) in [6.45, 7) is 3.80. The Morgan fingerprint density at radius 2 is 1.90 bits per heavy atom. The zero-order valence-corrected chi connectivity index (χ0v) is 17.6. The molecule has 0 saturated carbocycles. The summed E-state index contributed by atoms with van der Waals surface area (Å²) in [7, 11) is 1.61. The molecule has 0 bridgehead atoms. The fourth-order valence-corrected chi connectivity index (χ4v) is 3.54. The summed E-state index contributed by atoms with van der Waals surface area (Å²) in [4.78, 5) is 12.9. The van der Waals surface area contributed by atoms with E-state index in [4.69, 9.17) is 9.47 Å². The van der Waals surface area contributed by atoms with Crippen LogP contribution >= 0.6 is 12.4 Å². The van der Waals surface area contributed by atoms with Crippen LogP contribution in [0.5, 0.6) is 11.5 Å². The van der Waals surface area contributed by atoms with Gasteiger partial charge in [0.1, 0.15) is 5.75 Å². The van der Waals surface area contributed by atoms with E-state index in [1.807, 2.05) is 25.1 Å². The number of halogens is 2. The Bertz CT molecular complexity index is 792. The summed E-state index contributed by atoms with van der Waals surface area (Å²) in [5.41, 5.74) is 0.149. The van der Waals surface area contributed by atoms with Crippen LogP contribution in [-0.4, -0.2) is 32.7 Å². The Labute approximate surface area is 177 Å². The van der Waals surface area contributed by atoms with Gasteiger partial charge in [0.2, 0.25) is 5.91 Å². The lowest BCUT2D eigenvalue weighted by Crippen LogP contribution is -2.50. The summed E-state index contributed by atoms with van der Waals surface area (Å²) in [6, 6.07) is 13.5. The fourth-order valence-electron chi connectivity index (χ4n) is 3.54. The van der Waals surface area contributed by atoms with Gasteiger partial charge in [-0.15, -0.1) is 12.4 Å². The third-order valence-electron chi connectivity index (χ3n) is 5.24. The molecule has 0 aromatic heterocycles. The first-order valence-corrected chi connectivity index (χ1v) is 9.57. The molecular weight excluding hydrogens is 395 g/mol. The highest BCUT2D eigenvalue weighted by Crippen LogP contribution is 2.31. The molecule has 7 heteroatoms. The molecule has 2 aromatic rings. The number of carbonyl (C=O) groups is 1. The third-order valence-corrected chi connectivity index (χ3v) is 5.24. The lowest BCUT2D eigenvalue weighted by Gasteiger charge is -2.36. The zero-order valence-electron chi connectivity index (χ0n) is 16.7. The van der Waals surface area contributed by atoms with E-state index in [1.54, 1.807) is 31.4 Å². The van der Waals surface area contributed by atoms with Crippen molar-refractivity contribution in [3.05, 3.63) is 59.9 Å². The number of piperidine rings is 1. The number of benzene rings is 2. The minimum absolute atomic E-state index is 0. The van der Waals surface area contributed by atoms with Gasteiger partial charge in [-0.05, 0) is 62.7 Å². The number of amides is 1. The van der Waals surface area contributed by atoms with Gasteiger partial charge >= 0.3 is 0 Å². The number of rotatable bonds is 7. The first-order valence-electron chi connectivity index (χ1n) is 9.57. The SMILES string of the molecule is COCC1(C(=O)NC(C)c2ccc(Oc3ccccc3)c(F)c2)CCNCC1.Cl. The van der Waals surface area contributed by atoms with E-state index < -0.39 is 11.2 Å². The molecular formula is C22H28ClFN2O3. The molecule has 1 heterocycles. The molecule has 1 aliphatic rings. The van der Waals surface area contributed by atoms with E-state index in [2.05, 4.69) is 10.6 Å². The number of methoxy groups -OCH3 is 1. The average Bonchev–Trinajstić information content (AvgIpc) is 2.71. The molecule has 1 fully saturated rings. The van der Waals surface area contributed by atoms with Crippen molar-refractivity contribution in [3.63, 3.8) is 0 Å². The molecule has 0 aliphatic carbocycles. The van der Waals surface area contributed by atoms with Crippen LogP contribution in [0.15, 0.2) is 48.5 Å². The molecule has 1 atom stereocenters. The van der Waals surface area contributed by atoms with Crippen LogP contribution in [0.4, 0.5) is 4.39 Å². The van der Waals surface area contributed by atoms with E-state index in [0.717, 1.165) is 25.9 Å². The van der Waals surface area contributed by atoms with Gasteiger partial charge in [-0.1, -0.05) is 24.3 Å². The number of carbonyl (C=O) groups excluding carboxylic acids is 1. The van der Waals surface area contributed by atoms with Crippen molar-refractivity contribution in [1.29, 1.82) is 0 Å². The molecule has 0 spiro atoms. The number of hydrogen-bond donors (Lipinski definition) is 2. The number of ether oxygens (including phenoxy) is 2. The van der Waals surface area contributed by atoms with Crippen molar-refractivity contribution in [1.82, 2.24) is 10.6 Å². The predicted molar refractivity (Wildman–Crippen MR) is 113 cm³/mol. The van der Waals surface area contributed by atoms with Gasteiger partial charge in [0.25, 0.3) is 0 Å². The van der Waals surface area contributed by atoms with Crippen molar-refractivity contribution in [2.75, 3.05) is 26.8 Å². The number of para-hydroxylation sites is 1. The standard InChI is InChI=1S/C22H27FN2O3.ClH/c1-16(25-21(26)22(15-27-2)10-12-24-13-11-22)17-8-9-20(19(23)14-17)28-18-6-4-3-5-7-18;/h3-9,14,16,24H,10-13,15H2,1-2H3,(H,25,26);1H. The second kappa shape index (κ2) is 10.6. The van der Waals surface area contributed by atoms with Crippen molar-refractivity contribution in [2.24, 2.45) is 5.41 Å². The van der Waals surface area contributed by atoms with E-state index in [0.29, 0.717) is 17.9 Å². The molecule has 3 rings (SSSR count). The van der Waals surface area contributed by atoms with Crippen molar-refractivity contribution in [3.8, 4) is 11.5 Å². The van der Waals surface area contributed by atoms with Crippen LogP contribution < -0.4 is 15.4 Å². The molecule has 1 amide bonds. The van der Waals surface area contributed by atoms with Gasteiger partial charge < -0.3 is 20.1 Å². The molecule has 2 aromatic carbocycles. The normalized spacial score (nSPS) is 16.4. The first-order chi connectivity index (χ1) is 13.5. The first kappa shape index (κ1) is 23.1. The number of nitrogens with one attached hydrogen (secondary N) is 2. The highest BCUT2D eigenvalue weighted by atomic mass is 35.5. The van der Waals surface area contributed by atoms with Gasteiger partial charge in [-0.3, -0.25) is 4.79 Å². The maximum Gasteiger partial charge on any atom is 0.229 e. The molecule has 29 heavy (non-hydrogen) atoms. The van der Waals surface area contributed by atoms with Crippen LogP contribution in [0.1, 0.15) is 31.4 Å². The van der Waals surface area contributed by atoms with Gasteiger partial charge in [0, 0.05) is 7.11 Å². The second-order valence-electron chi connectivity index (χ2n) is 7.26. The summed E-state index contributed by atoms with van der Waals surface area (Å²) < 4.78 is 25.4. The summed E-state index contributed by atoms with van der Waals surface area (Å²) in [5.74, 6) is 0.217. The van der Waals surface area contributed by atoms with Gasteiger partial charge in [-0.2, -0.15) is 0 Å². The van der Waals surface area contributed by atoms with E-state index in [9.17, 15) is 9.18 Å². The Kier molecular flexibility index (Phi) is 8.44. The lowest BCUT2D eigenvalue weighted by atomic mass is 9.78. The highest BCUT2D eigenvalue weighted by molar-refractivity contribution is 5.85. The smallest absolute Gasteiger partial charge is 0.229 e. The zero-order chi connectivity index (χ0) is 20.0. The Hall–Kier alpha value is -2.15. The molecule has 1 saturated heterocycles. The summed E-state index contributed by atoms with van der Waals surface area (Å²) >= 11 is 0. The molecule has 1 unspecified atom stereocenters. The molecule has 5 nitrogen and oxygen atoms in total. The van der Waals surface area contributed by atoms with E-state index >= 15 is 0 Å². The largest absolute Gasteiger partial charge is 0.454 e. The Morgan fingerprint density at radius 1 is 1.21 bits per heavy atom. The third kappa shape index (κ3) is 5.69. The average molecular weight is 423 g/mol. The summed E-state index contributed by atoms with van der Waals surface area (Å²) in [6.07, 6.45) is 1.44. The molecule has 1 aliphatic heterocycles. The maximum atomic E-state index is 14.5. The van der Waals surface area contributed by atoms with Crippen LogP contribution in [0.2, 0.25) is 0 Å².